The fraction of sp³-hybridized carbons (Fsp3) is 0.286. The van der Waals surface area contributed by atoms with Crippen molar-refractivity contribution in [3.05, 3.63) is 45.7 Å². The first-order chi connectivity index (χ1) is 10.7. The van der Waals surface area contributed by atoms with E-state index in [0.29, 0.717) is 19.3 Å². The lowest BCUT2D eigenvalue weighted by molar-refractivity contribution is -0.385. The number of sulfone groups is 1. The van der Waals surface area contributed by atoms with Crippen LogP contribution in [0.4, 0.5) is 5.69 Å². The first-order valence-electron chi connectivity index (χ1n) is 6.62. The molecule has 1 aliphatic carbocycles. The Bertz CT molecular complexity index is 824. The number of hydrogen-bond acceptors (Lipinski definition) is 7. The minimum Gasteiger partial charge on any atom is -0.427 e. The number of nitro groups is 1. The molecule has 1 aromatic carbocycles. The Morgan fingerprint density at radius 3 is 2.57 bits per heavy atom. The number of hydrogen-bond donors (Lipinski definition) is 0. The zero-order chi connectivity index (χ0) is 17.2. The van der Waals surface area contributed by atoms with Crippen LogP contribution in [0.25, 0.3) is 0 Å². The number of ether oxygens (including phenoxy) is 1. The predicted molar refractivity (Wildman–Crippen MR) is 78.6 cm³/mol. The summed E-state index contributed by atoms with van der Waals surface area (Å²) in [6.45, 7) is 0. The number of rotatable bonds is 4. The molecule has 1 aliphatic rings. The molecule has 2 rings (SSSR count). The van der Waals surface area contributed by atoms with Gasteiger partial charge in [-0.2, -0.15) is 0 Å². The number of carbonyl (C=O) groups is 2. The molecule has 8 nitrogen and oxygen atoms in total. The highest BCUT2D eigenvalue weighted by atomic mass is 32.2. The van der Waals surface area contributed by atoms with Gasteiger partial charge >= 0.3 is 5.97 Å². The van der Waals surface area contributed by atoms with Crippen molar-refractivity contribution in [1.29, 1.82) is 0 Å². The Morgan fingerprint density at radius 1 is 1.30 bits per heavy atom. The fourth-order valence-electron chi connectivity index (χ4n) is 2.08. The first kappa shape index (κ1) is 16.8. The van der Waals surface area contributed by atoms with Crippen LogP contribution < -0.4 is 0 Å². The third kappa shape index (κ3) is 4.01. The summed E-state index contributed by atoms with van der Waals surface area (Å²) in [6, 6.07) is 2.94. The largest absolute Gasteiger partial charge is 0.427 e. The van der Waals surface area contributed by atoms with E-state index in [2.05, 4.69) is 0 Å². The van der Waals surface area contributed by atoms with Crippen molar-refractivity contribution in [3.63, 3.8) is 0 Å². The average molecular weight is 339 g/mol. The lowest BCUT2D eigenvalue weighted by atomic mass is 10.1. The molecule has 0 aromatic heterocycles. The van der Waals surface area contributed by atoms with E-state index in [-0.39, 0.29) is 22.0 Å². The van der Waals surface area contributed by atoms with Gasteiger partial charge in [0.05, 0.1) is 9.82 Å². The van der Waals surface area contributed by atoms with Crippen LogP contribution in [-0.2, 0) is 19.4 Å². The van der Waals surface area contributed by atoms with E-state index < -0.39 is 26.4 Å². The highest BCUT2D eigenvalue weighted by Crippen LogP contribution is 2.26. The summed E-state index contributed by atoms with van der Waals surface area (Å²) in [7, 11) is -3.65. The molecule has 122 valence electrons. The van der Waals surface area contributed by atoms with Crippen LogP contribution in [0, 0.1) is 10.1 Å². The summed E-state index contributed by atoms with van der Waals surface area (Å²) in [5, 5.41) is 11.1. The summed E-state index contributed by atoms with van der Waals surface area (Å²) >= 11 is 0. The predicted octanol–water partition coefficient (Wildman–Crippen LogP) is 1.79. The van der Waals surface area contributed by atoms with Crippen molar-refractivity contribution in [2.24, 2.45) is 0 Å². The number of nitrogens with zero attached hydrogens (tertiary/aromatic N) is 1. The molecule has 0 bridgehead atoms. The van der Waals surface area contributed by atoms with Gasteiger partial charge in [0.2, 0.25) is 0 Å². The van der Waals surface area contributed by atoms with Crippen molar-refractivity contribution >= 4 is 27.3 Å². The van der Waals surface area contributed by atoms with Crippen molar-refractivity contribution in [2.75, 3.05) is 6.26 Å². The van der Waals surface area contributed by atoms with Gasteiger partial charge in [-0.15, -0.1) is 0 Å². The third-order valence-electron chi connectivity index (χ3n) is 3.21. The van der Waals surface area contributed by atoms with Crippen molar-refractivity contribution in [3.8, 4) is 0 Å². The van der Waals surface area contributed by atoms with Gasteiger partial charge in [0.25, 0.3) is 5.69 Å². The van der Waals surface area contributed by atoms with Crippen molar-refractivity contribution < 1.29 is 27.7 Å². The summed E-state index contributed by atoms with van der Waals surface area (Å²) in [5.74, 6) is -1.04. The molecule has 9 heteroatoms. The van der Waals surface area contributed by atoms with E-state index in [1.165, 1.54) is 6.08 Å². The Morgan fingerprint density at radius 2 is 2.00 bits per heavy atom. The van der Waals surface area contributed by atoms with Gasteiger partial charge in [-0.1, -0.05) is 0 Å². The molecule has 23 heavy (non-hydrogen) atoms. The summed E-state index contributed by atoms with van der Waals surface area (Å²) in [4.78, 5) is 33.3. The monoisotopic (exact) mass is 339 g/mol. The second-order valence-corrected chi connectivity index (χ2v) is 7.04. The molecule has 0 N–H and O–H groups in total. The normalized spacial score (nSPS) is 15.0. The maximum Gasteiger partial charge on any atom is 0.350 e. The first-order valence-corrected chi connectivity index (χ1v) is 8.51. The second-order valence-electron chi connectivity index (χ2n) is 5.03. The van der Waals surface area contributed by atoms with Crippen LogP contribution in [0.15, 0.2) is 34.9 Å². The smallest absolute Gasteiger partial charge is 0.350 e. The molecule has 0 saturated heterocycles. The molecule has 0 unspecified atom stereocenters. The van der Waals surface area contributed by atoms with E-state index in [1.807, 2.05) is 0 Å². The Labute approximate surface area is 131 Å². The van der Waals surface area contributed by atoms with Crippen LogP contribution in [-0.4, -0.2) is 31.3 Å². The quantitative estimate of drug-likeness (QED) is 0.466. The topological polar surface area (TPSA) is 121 Å². The van der Waals surface area contributed by atoms with Gasteiger partial charge in [0.15, 0.2) is 15.6 Å². The SMILES string of the molecule is CS(=O)(=O)c1ccc(C(=O)OC2=CC(=O)CCC2)c([N+](=O)[O-])c1. The number of carbonyl (C=O) groups excluding carboxylic acids is 2. The van der Waals surface area contributed by atoms with Crippen molar-refractivity contribution in [1.82, 2.24) is 0 Å². The molecule has 0 amide bonds. The van der Waals surface area contributed by atoms with Crippen LogP contribution in [0.3, 0.4) is 0 Å². The lowest BCUT2D eigenvalue weighted by Crippen LogP contribution is -2.12. The molecule has 0 atom stereocenters. The Kier molecular flexibility index (Phi) is 4.60. The maximum atomic E-state index is 12.1. The molecular weight excluding hydrogens is 326 g/mol. The lowest BCUT2D eigenvalue weighted by Gasteiger charge is -2.12. The molecular formula is C14H13NO7S. The van der Waals surface area contributed by atoms with E-state index in [9.17, 15) is 28.1 Å². The minimum atomic E-state index is -3.65. The zero-order valence-electron chi connectivity index (χ0n) is 12.1. The maximum absolute atomic E-state index is 12.1. The van der Waals surface area contributed by atoms with E-state index in [0.717, 1.165) is 24.5 Å². The second kappa shape index (κ2) is 6.29. The highest BCUT2D eigenvalue weighted by molar-refractivity contribution is 7.90. The van der Waals surface area contributed by atoms with Crippen LogP contribution in [0.2, 0.25) is 0 Å². The van der Waals surface area contributed by atoms with Crippen molar-refractivity contribution in [2.45, 2.75) is 24.2 Å². The minimum absolute atomic E-state index is 0.146. The molecule has 0 saturated carbocycles. The average Bonchev–Trinajstić information content (AvgIpc) is 2.45. The van der Waals surface area contributed by atoms with Gasteiger partial charge in [-0.25, -0.2) is 13.2 Å². The van der Waals surface area contributed by atoms with Gasteiger partial charge in [0.1, 0.15) is 11.3 Å². The standard InChI is InChI=1S/C14H13NO7S/c1-23(20,21)11-5-6-12(13(8-11)15(18)19)14(17)22-10-4-2-3-9(16)7-10/h5-8H,2-4H2,1H3. The van der Waals surface area contributed by atoms with Gasteiger partial charge < -0.3 is 4.74 Å². The fourth-order valence-corrected chi connectivity index (χ4v) is 2.72. The molecule has 0 radical (unpaired) electrons. The number of ketones is 1. The third-order valence-corrected chi connectivity index (χ3v) is 4.32. The van der Waals surface area contributed by atoms with Crippen LogP contribution >= 0.6 is 0 Å². The zero-order valence-corrected chi connectivity index (χ0v) is 13.0. The number of esters is 1. The van der Waals surface area contributed by atoms with Gasteiger partial charge in [-0.05, 0) is 18.6 Å². The molecule has 0 spiro atoms. The molecule has 0 aliphatic heterocycles. The van der Waals surface area contributed by atoms with Gasteiger partial charge in [0, 0.05) is 31.2 Å². The number of nitro benzene ring substituents is 1. The van der Waals surface area contributed by atoms with E-state index >= 15 is 0 Å². The summed E-state index contributed by atoms with van der Waals surface area (Å²) in [6.07, 6.45) is 3.38. The van der Waals surface area contributed by atoms with Gasteiger partial charge in [-0.3, -0.25) is 14.9 Å². The number of allylic oxidation sites excluding steroid dienone is 2. The summed E-state index contributed by atoms with van der Waals surface area (Å²) in [5.41, 5.74) is -1.04. The highest BCUT2D eigenvalue weighted by Gasteiger charge is 2.25. The van der Waals surface area contributed by atoms with Crippen LogP contribution in [0.1, 0.15) is 29.6 Å². The molecule has 0 fully saturated rings. The van der Waals surface area contributed by atoms with Crippen LogP contribution in [0.5, 0.6) is 0 Å². The summed E-state index contributed by atoms with van der Waals surface area (Å²) < 4.78 is 27.9. The van der Waals surface area contributed by atoms with E-state index in [4.69, 9.17) is 4.74 Å². The van der Waals surface area contributed by atoms with E-state index in [1.54, 1.807) is 0 Å². The number of benzene rings is 1. The Hall–Kier alpha value is -2.55. The molecule has 1 aromatic rings. The Balaban J connectivity index is 2.36. The molecule has 0 heterocycles.